The van der Waals surface area contributed by atoms with E-state index < -0.39 is 0 Å². The van der Waals surface area contributed by atoms with Gasteiger partial charge >= 0.3 is 0 Å². The van der Waals surface area contributed by atoms with Gasteiger partial charge in [0.1, 0.15) is 0 Å². The molecule has 0 aliphatic carbocycles. The second kappa shape index (κ2) is 4.58. The monoisotopic (exact) mass is 242 g/mol. The lowest BCUT2D eigenvalue weighted by atomic mass is 9.82. The molecule has 0 radical (unpaired) electrons. The maximum absolute atomic E-state index is 4.55. The third kappa shape index (κ3) is 2.55. The fourth-order valence-electron chi connectivity index (χ4n) is 2.07. The molecule has 0 N–H and O–H groups in total. The van der Waals surface area contributed by atoms with Crippen molar-refractivity contribution in [3.63, 3.8) is 0 Å². The van der Waals surface area contributed by atoms with Gasteiger partial charge in [-0.3, -0.25) is 0 Å². The standard InChI is InChI=1S/C16H18S/c1-16(2,3)14-10-6-4-8-12(14)13-9-5-7-11-15(13)17/h4-11,17H,1-3H3. The van der Waals surface area contributed by atoms with Crippen molar-refractivity contribution in [1.29, 1.82) is 0 Å². The van der Waals surface area contributed by atoms with Gasteiger partial charge in [0.2, 0.25) is 0 Å². The molecule has 17 heavy (non-hydrogen) atoms. The van der Waals surface area contributed by atoms with Crippen molar-refractivity contribution in [2.24, 2.45) is 0 Å². The van der Waals surface area contributed by atoms with E-state index in [0.717, 1.165) is 4.90 Å². The van der Waals surface area contributed by atoms with Gasteiger partial charge in [-0.2, -0.15) is 0 Å². The number of rotatable bonds is 1. The number of benzene rings is 2. The molecule has 0 nitrogen and oxygen atoms in total. The van der Waals surface area contributed by atoms with E-state index in [-0.39, 0.29) is 5.41 Å². The summed E-state index contributed by atoms with van der Waals surface area (Å²) >= 11 is 4.55. The maximum Gasteiger partial charge on any atom is 0.0119 e. The van der Waals surface area contributed by atoms with Gasteiger partial charge in [0, 0.05) is 4.90 Å². The summed E-state index contributed by atoms with van der Waals surface area (Å²) in [5.41, 5.74) is 4.00. The van der Waals surface area contributed by atoms with Crippen LogP contribution in [0.1, 0.15) is 26.3 Å². The average Bonchev–Trinajstić information content (AvgIpc) is 2.28. The van der Waals surface area contributed by atoms with Crippen LogP contribution >= 0.6 is 12.6 Å². The van der Waals surface area contributed by atoms with Crippen LogP contribution in [0.2, 0.25) is 0 Å². The van der Waals surface area contributed by atoms with Gasteiger partial charge in [-0.25, -0.2) is 0 Å². The van der Waals surface area contributed by atoms with Crippen molar-refractivity contribution in [2.75, 3.05) is 0 Å². The van der Waals surface area contributed by atoms with Crippen LogP contribution in [0.4, 0.5) is 0 Å². The normalized spacial score (nSPS) is 11.5. The van der Waals surface area contributed by atoms with Crippen LogP contribution in [0.25, 0.3) is 11.1 Å². The molecule has 0 saturated carbocycles. The van der Waals surface area contributed by atoms with Crippen molar-refractivity contribution < 1.29 is 0 Å². The molecule has 88 valence electrons. The Kier molecular flexibility index (Phi) is 3.30. The zero-order chi connectivity index (χ0) is 12.5. The Balaban J connectivity index is 2.65. The SMILES string of the molecule is CC(C)(C)c1ccccc1-c1ccccc1S. The van der Waals surface area contributed by atoms with E-state index in [1.165, 1.54) is 16.7 Å². The fraction of sp³-hybridized carbons (Fsp3) is 0.250. The molecular weight excluding hydrogens is 224 g/mol. The Morgan fingerprint density at radius 1 is 0.765 bits per heavy atom. The van der Waals surface area contributed by atoms with Crippen LogP contribution in [0.3, 0.4) is 0 Å². The summed E-state index contributed by atoms with van der Waals surface area (Å²) in [5.74, 6) is 0. The lowest BCUT2D eigenvalue weighted by Crippen LogP contribution is -2.12. The third-order valence-corrected chi connectivity index (χ3v) is 3.32. The first-order valence-corrected chi connectivity index (χ1v) is 6.33. The molecule has 2 aromatic carbocycles. The Bertz CT molecular complexity index is 521. The molecule has 0 spiro atoms. The first kappa shape index (κ1) is 12.3. The second-order valence-electron chi connectivity index (χ2n) is 5.31. The van der Waals surface area contributed by atoms with E-state index in [2.05, 4.69) is 69.8 Å². The minimum absolute atomic E-state index is 0.145. The summed E-state index contributed by atoms with van der Waals surface area (Å²) in [7, 11) is 0. The second-order valence-corrected chi connectivity index (χ2v) is 5.79. The van der Waals surface area contributed by atoms with Crippen molar-refractivity contribution >= 4 is 12.6 Å². The highest BCUT2D eigenvalue weighted by molar-refractivity contribution is 7.80. The molecule has 0 saturated heterocycles. The minimum Gasteiger partial charge on any atom is -0.143 e. The van der Waals surface area contributed by atoms with Gasteiger partial charge in [-0.1, -0.05) is 63.2 Å². The van der Waals surface area contributed by atoms with E-state index in [1.807, 2.05) is 12.1 Å². The number of thiol groups is 1. The van der Waals surface area contributed by atoms with Crippen LogP contribution in [0.5, 0.6) is 0 Å². The van der Waals surface area contributed by atoms with Gasteiger partial charge in [0.15, 0.2) is 0 Å². The van der Waals surface area contributed by atoms with Gasteiger partial charge in [0.05, 0.1) is 0 Å². The molecule has 0 aliphatic heterocycles. The van der Waals surface area contributed by atoms with E-state index >= 15 is 0 Å². The molecule has 0 fully saturated rings. The van der Waals surface area contributed by atoms with Gasteiger partial charge in [-0.15, -0.1) is 12.6 Å². The van der Waals surface area contributed by atoms with Gasteiger partial charge in [0.25, 0.3) is 0 Å². The predicted molar refractivity (Wildman–Crippen MR) is 77.8 cm³/mol. The summed E-state index contributed by atoms with van der Waals surface area (Å²) < 4.78 is 0. The first-order chi connectivity index (χ1) is 8.00. The Labute approximate surface area is 109 Å². The quantitative estimate of drug-likeness (QED) is 0.673. The van der Waals surface area contributed by atoms with Crippen molar-refractivity contribution in [3.8, 4) is 11.1 Å². The Morgan fingerprint density at radius 3 is 1.88 bits per heavy atom. The fourth-order valence-corrected chi connectivity index (χ4v) is 2.35. The summed E-state index contributed by atoms with van der Waals surface area (Å²) in [6, 6.07) is 16.8. The molecule has 0 bridgehead atoms. The van der Waals surface area contributed by atoms with Crippen LogP contribution in [0.15, 0.2) is 53.4 Å². The van der Waals surface area contributed by atoms with Crippen LogP contribution in [0, 0.1) is 0 Å². The van der Waals surface area contributed by atoms with Crippen molar-refractivity contribution in [2.45, 2.75) is 31.1 Å². The van der Waals surface area contributed by atoms with Crippen LogP contribution in [-0.4, -0.2) is 0 Å². The predicted octanol–water partition coefficient (Wildman–Crippen LogP) is 4.94. The summed E-state index contributed by atoms with van der Waals surface area (Å²) in [4.78, 5) is 1.03. The molecule has 0 amide bonds. The lowest BCUT2D eigenvalue weighted by molar-refractivity contribution is 0.592. The molecule has 0 unspecified atom stereocenters. The zero-order valence-corrected chi connectivity index (χ0v) is 11.5. The maximum atomic E-state index is 4.55. The van der Waals surface area contributed by atoms with E-state index in [0.29, 0.717) is 0 Å². The van der Waals surface area contributed by atoms with Gasteiger partial charge in [-0.05, 0) is 28.2 Å². The highest BCUT2D eigenvalue weighted by Gasteiger charge is 2.18. The highest BCUT2D eigenvalue weighted by Crippen LogP contribution is 2.35. The van der Waals surface area contributed by atoms with Crippen LogP contribution in [-0.2, 0) is 5.41 Å². The molecule has 2 aromatic rings. The summed E-state index contributed by atoms with van der Waals surface area (Å²) in [6.45, 7) is 6.73. The molecule has 0 aliphatic rings. The van der Waals surface area contributed by atoms with E-state index in [9.17, 15) is 0 Å². The smallest absolute Gasteiger partial charge is 0.0119 e. The molecule has 0 atom stereocenters. The van der Waals surface area contributed by atoms with Crippen molar-refractivity contribution in [1.82, 2.24) is 0 Å². The molecule has 0 heterocycles. The van der Waals surface area contributed by atoms with Crippen LogP contribution < -0.4 is 0 Å². The molecule has 0 aromatic heterocycles. The van der Waals surface area contributed by atoms with Crippen molar-refractivity contribution in [3.05, 3.63) is 54.1 Å². The Morgan fingerprint density at radius 2 is 1.29 bits per heavy atom. The van der Waals surface area contributed by atoms with E-state index in [4.69, 9.17) is 0 Å². The zero-order valence-electron chi connectivity index (χ0n) is 10.6. The molecule has 1 heteroatoms. The summed E-state index contributed by atoms with van der Waals surface area (Å²) in [5, 5.41) is 0. The molecule has 2 rings (SSSR count). The summed E-state index contributed by atoms with van der Waals surface area (Å²) in [6.07, 6.45) is 0. The Hall–Kier alpha value is -1.21. The minimum atomic E-state index is 0.145. The van der Waals surface area contributed by atoms with Gasteiger partial charge < -0.3 is 0 Å². The largest absolute Gasteiger partial charge is 0.143 e. The highest BCUT2D eigenvalue weighted by atomic mass is 32.1. The number of hydrogen-bond acceptors (Lipinski definition) is 1. The lowest BCUT2D eigenvalue weighted by Gasteiger charge is -2.23. The molecular formula is C16H18S. The van der Waals surface area contributed by atoms with E-state index in [1.54, 1.807) is 0 Å². The third-order valence-electron chi connectivity index (χ3n) is 2.93. The topological polar surface area (TPSA) is 0 Å². The average molecular weight is 242 g/mol. The number of hydrogen-bond donors (Lipinski definition) is 1. The first-order valence-electron chi connectivity index (χ1n) is 5.88.